The van der Waals surface area contributed by atoms with Gasteiger partial charge in [-0.05, 0) is 23.3 Å². The number of carboxylic acid groups (broad SMARTS) is 1. The molecule has 2 aromatic carbocycles. The van der Waals surface area contributed by atoms with Crippen molar-refractivity contribution in [2.24, 2.45) is 0 Å². The van der Waals surface area contributed by atoms with E-state index in [1.807, 2.05) is 12.1 Å². The van der Waals surface area contributed by atoms with Gasteiger partial charge in [0.2, 0.25) is 5.91 Å². The zero-order chi connectivity index (χ0) is 21.9. The lowest BCUT2D eigenvalue weighted by Crippen LogP contribution is -2.53. The molecule has 0 radical (unpaired) electrons. The molecule has 30 heavy (non-hydrogen) atoms. The molecule has 2 aromatic rings. The molecular formula is C21H21N3O6. The maximum Gasteiger partial charge on any atom is 0.408 e. The van der Waals surface area contributed by atoms with Gasteiger partial charge < -0.3 is 25.6 Å². The minimum Gasteiger partial charge on any atom is -0.480 e. The van der Waals surface area contributed by atoms with Crippen molar-refractivity contribution in [3.8, 4) is 6.07 Å². The number of alkyl carbamates (subject to hydrolysis) is 1. The van der Waals surface area contributed by atoms with E-state index in [0.717, 1.165) is 5.56 Å². The van der Waals surface area contributed by atoms with Crippen LogP contribution in [0.15, 0.2) is 54.6 Å². The first-order chi connectivity index (χ1) is 14.4. The molecule has 0 aliphatic rings. The van der Waals surface area contributed by atoms with Gasteiger partial charge in [-0.1, -0.05) is 42.5 Å². The highest BCUT2D eigenvalue weighted by Gasteiger charge is 2.26. The van der Waals surface area contributed by atoms with Crippen LogP contribution >= 0.6 is 0 Å². The molecule has 9 heteroatoms. The summed E-state index contributed by atoms with van der Waals surface area (Å²) in [6.45, 7) is -0.766. The van der Waals surface area contributed by atoms with E-state index >= 15 is 0 Å². The lowest BCUT2D eigenvalue weighted by Gasteiger charge is -2.20. The Morgan fingerprint density at radius 1 is 0.967 bits per heavy atom. The molecule has 0 aromatic heterocycles. The minimum atomic E-state index is -1.38. The average molecular weight is 411 g/mol. The van der Waals surface area contributed by atoms with Crippen molar-refractivity contribution in [3.05, 3.63) is 71.3 Å². The first-order valence-corrected chi connectivity index (χ1v) is 9.03. The van der Waals surface area contributed by atoms with Crippen molar-refractivity contribution < 1.29 is 29.3 Å². The molecule has 0 saturated carbocycles. The van der Waals surface area contributed by atoms with Gasteiger partial charge in [0.15, 0.2) is 0 Å². The lowest BCUT2D eigenvalue weighted by atomic mass is 10.0. The summed E-state index contributed by atoms with van der Waals surface area (Å²) in [6, 6.07) is 14.4. The number of aliphatic hydroxyl groups is 1. The summed E-state index contributed by atoms with van der Waals surface area (Å²) in [5, 5.41) is 32.1. The zero-order valence-electron chi connectivity index (χ0n) is 15.9. The van der Waals surface area contributed by atoms with E-state index in [-0.39, 0.29) is 13.0 Å². The van der Waals surface area contributed by atoms with Crippen molar-refractivity contribution >= 4 is 18.0 Å². The van der Waals surface area contributed by atoms with Gasteiger partial charge in [-0.15, -0.1) is 0 Å². The predicted molar refractivity (Wildman–Crippen MR) is 105 cm³/mol. The summed E-state index contributed by atoms with van der Waals surface area (Å²) in [6.07, 6.45) is -0.962. The van der Waals surface area contributed by atoms with Crippen LogP contribution in [0, 0.1) is 11.3 Å². The van der Waals surface area contributed by atoms with Crippen LogP contribution in [0.1, 0.15) is 16.7 Å². The van der Waals surface area contributed by atoms with Crippen LogP contribution in [0.4, 0.5) is 4.79 Å². The van der Waals surface area contributed by atoms with Gasteiger partial charge in [0.1, 0.15) is 18.7 Å². The van der Waals surface area contributed by atoms with Crippen LogP contribution in [0.5, 0.6) is 0 Å². The molecule has 0 saturated heterocycles. The predicted octanol–water partition coefficient (Wildman–Crippen LogP) is 0.957. The van der Waals surface area contributed by atoms with Gasteiger partial charge >= 0.3 is 12.1 Å². The topological polar surface area (TPSA) is 149 Å². The molecule has 0 heterocycles. The number of aliphatic hydroxyl groups excluding tert-OH is 1. The van der Waals surface area contributed by atoms with E-state index in [4.69, 9.17) is 10.00 Å². The van der Waals surface area contributed by atoms with Crippen molar-refractivity contribution in [2.45, 2.75) is 25.1 Å². The number of nitriles is 1. The van der Waals surface area contributed by atoms with Crippen molar-refractivity contribution in [2.75, 3.05) is 6.61 Å². The first-order valence-electron chi connectivity index (χ1n) is 9.03. The van der Waals surface area contributed by atoms with Crippen LogP contribution < -0.4 is 10.6 Å². The fraction of sp³-hybridized carbons (Fsp3) is 0.238. The summed E-state index contributed by atoms with van der Waals surface area (Å²) < 4.78 is 5.00. The maximum atomic E-state index is 12.3. The smallest absolute Gasteiger partial charge is 0.408 e. The average Bonchev–Trinajstić information content (AvgIpc) is 2.76. The summed E-state index contributed by atoms with van der Waals surface area (Å²) >= 11 is 0. The molecule has 0 aliphatic carbocycles. The summed E-state index contributed by atoms with van der Waals surface area (Å²) in [5.74, 6) is -2.15. The van der Waals surface area contributed by atoms with E-state index in [2.05, 4.69) is 10.6 Å². The molecule has 0 fully saturated rings. The zero-order valence-corrected chi connectivity index (χ0v) is 15.9. The standard InChI is InChI=1S/C21H21N3O6/c22-11-15-8-6-14(7-9-15)10-17(20(27)28)23-19(26)18(12-25)24-21(29)30-13-16-4-2-1-3-5-16/h1-9,17-18,25H,10,12-13H2,(H,23,26)(H,24,29)(H,27,28)/t17-,18-/m0/s1. The first kappa shape index (κ1) is 22.4. The van der Waals surface area contributed by atoms with E-state index in [9.17, 15) is 24.6 Å². The second kappa shape index (κ2) is 11.2. The quantitative estimate of drug-likeness (QED) is 0.480. The number of nitrogens with one attached hydrogen (secondary N) is 2. The van der Waals surface area contributed by atoms with Crippen molar-refractivity contribution in [3.63, 3.8) is 0 Å². The third-order valence-electron chi connectivity index (χ3n) is 4.14. The van der Waals surface area contributed by atoms with Gasteiger partial charge in [-0.2, -0.15) is 5.26 Å². The molecule has 0 unspecified atom stereocenters. The second-order valence-electron chi connectivity index (χ2n) is 6.35. The van der Waals surface area contributed by atoms with E-state index < -0.39 is 36.7 Å². The third-order valence-corrected chi connectivity index (χ3v) is 4.14. The number of hydrogen-bond acceptors (Lipinski definition) is 6. The Labute approximate surface area is 172 Å². The number of carbonyl (C=O) groups is 3. The molecule has 4 N–H and O–H groups in total. The number of carboxylic acids is 1. The molecule has 0 aliphatic heterocycles. The monoisotopic (exact) mass is 411 g/mol. The van der Waals surface area contributed by atoms with Gasteiger partial charge in [-0.25, -0.2) is 9.59 Å². The van der Waals surface area contributed by atoms with Crippen LogP contribution in [0.2, 0.25) is 0 Å². The van der Waals surface area contributed by atoms with Crippen LogP contribution in [0.25, 0.3) is 0 Å². The number of carbonyl (C=O) groups excluding carboxylic acids is 2. The number of benzene rings is 2. The minimum absolute atomic E-state index is 0.0249. The SMILES string of the molecule is N#Cc1ccc(C[C@H](NC(=O)[C@H](CO)NC(=O)OCc2ccccc2)C(=O)O)cc1. The Morgan fingerprint density at radius 3 is 2.20 bits per heavy atom. The number of aliphatic carboxylic acids is 1. The maximum absolute atomic E-state index is 12.3. The number of ether oxygens (including phenoxy) is 1. The summed E-state index contributed by atoms with van der Waals surface area (Å²) in [4.78, 5) is 35.7. The highest BCUT2D eigenvalue weighted by Crippen LogP contribution is 2.07. The molecule has 9 nitrogen and oxygen atoms in total. The molecular weight excluding hydrogens is 390 g/mol. The normalized spacial score (nSPS) is 12.1. The summed E-state index contributed by atoms with van der Waals surface area (Å²) in [5.41, 5.74) is 1.76. The van der Waals surface area contributed by atoms with Gasteiger partial charge in [0.05, 0.1) is 18.2 Å². The largest absolute Gasteiger partial charge is 0.480 e. The Hall–Kier alpha value is -3.90. The highest BCUT2D eigenvalue weighted by atomic mass is 16.5. The molecule has 2 atom stereocenters. The van der Waals surface area contributed by atoms with Gasteiger partial charge in [0, 0.05) is 6.42 Å². The molecule has 156 valence electrons. The Kier molecular flexibility index (Phi) is 8.35. The van der Waals surface area contributed by atoms with Gasteiger partial charge in [0.25, 0.3) is 0 Å². The van der Waals surface area contributed by atoms with Crippen LogP contribution in [-0.4, -0.2) is 46.9 Å². The van der Waals surface area contributed by atoms with Gasteiger partial charge in [-0.3, -0.25) is 4.79 Å². The Bertz CT molecular complexity index is 909. The lowest BCUT2D eigenvalue weighted by molar-refractivity contribution is -0.142. The second-order valence-corrected chi connectivity index (χ2v) is 6.35. The van der Waals surface area contributed by atoms with E-state index in [1.54, 1.807) is 36.4 Å². The van der Waals surface area contributed by atoms with Crippen LogP contribution in [0.3, 0.4) is 0 Å². The fourth-order valence-corrected chi connectivity index (χ4v) is 2.52. The van der Waals surface area contributed by atoms with E-state index in [0.29, 0.717) is 11.1 Å². The van der Waals surface area contributed by atoms with Crippen LogP contribution in [-0.2, 0) is 27.4 Å². The molecule has 0 bridgehead atoms. The number of rotatable bonds is 9. The number of amides is 2. The summed E-state index contributed by atoms with van der Waals surface area (Å²) in [7, 11) is 0. The molecule has 2 rings (SSSR count). The van der Waals surface area contributed by atoms with Crippen molar-refractivity contribution in [1.82, 2.24) is 10.6 Å². The number of hydrogen-bond donors (Lipinski definition) is 4. The highest BCUT2D eigenvalue weighted by molar-refractivity contribution is 5.89. The van der Waals surface area contributed by atoms with Crippen molar-refractivity contribution in [1.29, 1.82) is 5.26 Å². The molecule has 2 amide bonds. The Morgan fingerprint density at radius 2 is 1.63 bits per heavy atom. The van der Waals surface area contributed by atoms with E-state index in [1.165, 1.54) is 12.1 Å². The third kappa shape index (κ3) is 6.92. The molecule has 0 spiro atoms. The Balaban J connectivity index is 1.92. The fourth-order valence-electron chi connectivity index (χ4n) is 2.52. The number of nitrogens with zero attached hydrogens (tertiary/aromatic N) is 1.